The van der Waals surface area contributed by atoms with E-state index in [-0.39, 0.29) is 5.91 Å². The van der Waals surface area contributed by atoms with Crippen LogP contribution in [0.5, 0.6) is 0 Å². The number of amides is 1. The number of hydrogen-bond acceptors (Lipinski definition) is 3. The summed E-state index contributed by atoms with van der Waals surface area (Å²) in [6, 6.07) is 14.2. The first-order valence-corrected chi connectivity index (χ1v) is 7.07. The van der Waals surface area contributed by atoms with Crippen LogP contribution in [0.3, 0.4) is 0 Å². The Bertz CT molecular complexity index is 871. The van der Waals surface area contributed by atoms with E-state index in [9.17, 15) is 4.79 Å². The van der Waals surface area contributed by atoms with Gasteiger partial charge in [0.1, 0.15) is 5.82 Å². The Balaban J connectivity index is 2.22. The topological polar surface area (TPSA) is 68.0 Å². The van der Waals surface area contributed by atoms with Gasteiger partial charge in [0.25, 0.3) is 5.91 Å². The third-order valence-corrected chi connectivity index (χ3v) is 3.74. The van der Waals surface area contributed by atoms with Gasteiger partial charge in [-0.25, -0.2) is 4.98 Å². The number of rotatable bonds is 2. The van der Waals surface area contributed by atoms with E-state index >= 15 is 0 Å². The van der Waals surface area contributed by atoms with Crippen LogP contribution < -0.4 is 11.1 Å². The lowest BCUT2D eigenvalue weighted by atomic mass is 9.98. The second-order valence-corrected chi connectivity index (χ2v) is 5.27. The van der Waals surface area contributed by atoms with Crippen molar-refractivity contribution in [3.8, 4) is 11.1 Å². The van der Waals surface area contributed by atoms with Crippen LogP contribution in [0.4, 0.5) is 5.82 Å². The largest absolute Gasteiger partial charge is 0.383 e. The third kappa shape index (κ3) is 2.39. The Hall–Kier alpha value is -2.88. The monoisotopic (exact) mass is 291 g/mol. The van der Waals surface area contributed by atoms with Gasteiger partial charge >= 0.3 is 0 Å². The Morgan fingerprint density at radius 3 is 2.59 bits per heavy atom. The van der Waals surface area contributed by atoms with Gasteiger partial charge in [0.2, 0.25) is 0 Å². The molecule has 2 aromatic carbocycles. The highest BCUT2D eigenvalue weighted by Crippen LogP contribution is 2.29. The van der Waals surface area contributed by atoms with Crippen molar-refractivity contribution in [2.75, 3.05) is 12.8 Å². The highest BCUT2D eigenvalue weighted by atomic mass is 16.1. The molecule has 0 aliphatic rings. The second-order valence-electron chi connectivity index (χ2n) is 5.27. The first kappa shape index (κ1) is 14.1. The summed E-state index contributed by atoms with van der Waals surface area (Å²) in [4.78, 5) is 16.1. The van der Waals surface area contributed by atoms with E-state index in [2.05, 4.69) is 35.4 Å². The molecule has 0 aliphatic heterocycles. The van der Waals surface area contributed by atoms with Gasteiger partial charge in [-0.3, -0.25) is 4.79 Å². The molecule has 0 spiro atoms. The van der Waals surface area contributed by atoms with Gasteiger partial charge in [0, 0.05) is 18.6 Å². The highest BCUT2D eigenvalue weighted by Gasteiger charge is 2.12. The van der Waals surface area contributed by atoms with Crippen LogP contribution in [-0.4, -0.2) is 17.9 Å². The van der Waals surface area contributed by atoms with Gasteiger partial charge in [0.05, 0.1) is 5.56 Å². The molecular weight excluding hydrogens is 274 g/mol. The first-order valence-electron chi connectivity index (χ1n) is 7.07. The number of aryl methyl sites for hydroxylation is 1. The molecule has 0 saturated heterocycles. The fourth-order valence-corrected chi connectivity index (χ4v) is 2.58. The number of pyridine rings is 1. The molecule has 1 heterocycles. The molecule has 110 valence electrons. The zero-order chi connectivity index (χ0) is 15.7. The quantitative estimate of drug-likeness (QED) is 0.762. The Morgan fingerprint density at radius 2 is 1.86 bits per heavy atom. The van der Waals surface area contributed by atoms with Gasteiger partial charge in [-0.15, -0.1) is 0 Å². The van der Waals surface area contributed by atoms with Crippen LogP contribution in [0.1, 0.15) is 15.9 Å². The predicted octanol–water partition coefficient (Wildman–Crippen LogP) is 3.15. The van der Waals surface area contributed by atoms with E-state index in [1.165, 1.54) is 11.8 Å². The second kappa shape index (κ2) is 5.48. The molecular formula is C18H17N3O. The fourth-order valence-electron chi connectivity index (χ4n) is 2.58. The van der Waals surface area contributed by atoms with Crippen LogP contribution in [-0.2, 0) is 0 Å². The number of carbonyl (C=O) groups is 1. The molecule has 0 fully saturated rings. The number of carbonyl (C=O) groups excluding carboxylic acids is 1. The summed E-state index contributed by atoms with van der Waals surface area (Å²) in [7, 11) is 1.60. The molecule has 4 heteroatoms. The van der Waals surface area contributed by atoms with Crippen LogP contribution in [0.25, 0.3) is 21.9 Å². The van der Waals surface area contributed by atoms with Gasteiger partial charge < -0.3 is 11.1 Å². The zero-order valence-electron chi connectivity index (χ0n) is 12.6. The minimum atomic E-state index is -0.166. The van der Waals surface area contributed by atoms with Crippen LogP contribution in [0.15, 0.2) is 48.7 Å². The highest BCUT2D eigenvalue weighted by molar-refractivity contribution is 6.09. The molecule has 0 aliphatic carbocycles. The molecule has 3 aromatic rings. The molecule has 3 rings (SSSR count). The molecule has 0 unspecified atom stereocenters. The molecule has 0 bridgehead atoms. The van der Waals surface area contributed by atoms with Crippen molar-refractivity contribution < 1.29 is 4.79 Å². The summed E-state index contributed by atoms with van der Waals surface area (Å²) < 4.78 is 0. The molecule has 4 nitrogen and oxygen atoms in total. The lowest BCUT2D eigenvalue weighted by Gasteiger charge is -2.10. The van der Waals surface area contributed by atoms with E-state index in [0.717, 1.165) is 21.9 Å². The SMILES string of the molecule is CNC(=O)c1cnc(N)c2cc(-c3cccc(C)c3)ccc12. The van der Waals surface area contributed by atoms with Gasteiger partial charge in [-0.05, 0) is 29.5 Å². The van der Waals surface area contributed by atoms with Crippen molar-refractivity contribution in [1.82, 2.24) is 10.3 Å². The van der Waals surface area contributed by atoms with Crippen molar-refractivity contribution in [3.05, 3.63) is 59.8 Å². The van der Waals surface area contributed by atoms with E-state index < -0.39 is 0 Å². The zero-order valence-corrected chi connectivity index (χ0v) is 12.6. The summed E-state index contributed by atoms with van der Waals surface area (Å²) >= 11 is 0. The third-order valence-electron chi connectivity index (χ3n) is 3.74. The van der Waals surface area contributed by atoms with Crippen molar-refractivity contribution in [2.45, 2.75) is 6.92 Å². The van der Waals surface area contributed by atoms with Gasteiger partial charge in [0.15, 0.2) is 0 Å². The van der Waals surface area contributed by atoms with Crippen molar-refractivity contribution in [1.29, 1.82) is 0 Å². The maximum Gasteiger partial charge on any atom is 0.253 e. The maximum atomic E-state index is 11.9. The van der Waals surface area contributed by atoms with E-state index in [4.69, 9.17) is 5.73 Å². The summed E-state index contributed by atoms with van der Waals surface area (Å²) in [5.41, 5.74) is 9.90. The summed E-state index contributed by atoms with van der Waals surface area (Å²) in [5, 5.41) is 4.23. The normalized spacial score (nSPS) is 10.6. The lowest BCUT2D eigenvalue weighted by molar-refractivity contribution is 0.0964. The van der Waals surface area contributed by atoms with Gasteiger partial charge in [-0.1, -0.05) is 42.0 Å². The lowest BCUT2D eigenvalue weighted by Crippen LogP contribution is -2.18. The molecule has 1 aromatic heterocycles. The maximum absolute atomic E-state index is 11.9. The molecule has 0 atom stereocenters. The van der Waals surface area contributed by atoms with Crippen LogP contribution in [0, 0.1) is 6.92 Å². The number of fused-ring (bicyclic) bond motifs is 1. The number of anilines is 1. The number of nitrogens with one attached hydrogen (secondary N) is 1. The van der Waals surface area contributed by atoms with E-state index in [0.29, 0.717) is 11.4 Å². The smallest absolute Gasteiger partial charge is 0.253 e. The number of aromatic nitrogens is 1. The molecule has 1 amide bonds. The van der Waals surface area contributed by atoms with Crippen LogP contribution in [0.2, 0.25) is 0 Å². The van der Waals surface area contributed by atoms with E-state index in [1.54, 1.807) is 7.05 Å². The van der Waals surface area contributed by atoms with Gasteiger partial charge in [-0.2, -0.15) is 0 Å². The fraction of sp³-hybridized carbons (Fsp3) is 0.111. The summed E-state index contributed by atoms with van der Waals surface area (Å²) in [6.07, 6.45) is 1.52. The number of nitrogens with zero attached hydrogens (tertiary/aromatic N) is 1. The average molecular weight is 291 g/mol. The van der Waals surface area contributed by atoms with Crippen LogP contribution >= 0.6 is 0 Å². The molecule has 3 N–H and O–H groups in total. The Labute approximate surface area is 129 Å². The summed E-state index contributed by atoms with van der Waals surface area (Å²) in [5.74, 6) is 0.262. The standard InChI is InChI=1S/C18H17N3O/c1-11-4-3-5-12(8-11)13-6-7-14-15(9-13)17(19)21-10-16(14)18(22)20-2/h3-10H,1-2H3,(H2,19,21)(H,20,22). The Morgan fingerprint density at radius 1 is 1.09 bits per heavy atom. The van der Waals surface area contributed by atoms with Crippen molar-refractivity contribution in [2.24, 2.45) is 0 Å². The Kier molecular flexibility index (Phi) is 3.51. The predicted molar refractivity (Wildman–Crippen MR) is 89.7 cm³/mol. The summed E-state index contributed by atoms with van der Waals surface area (Å²) in [6.45, 7) is 2.06. The van der Waals surface area contributed by atoms with Crippen molar-refractivity contribution >= 4 is 22.5 Å². The number of hydrogen-bond donors (Lipinski definition) is 2. The first-order chi connectivity index (χ1) is 10.6. The number of nitrogen functional groups attached to an aromatic ring is 1. The minimum absolute atomic E-state index is 0.166. The number of nitrogens with two attached hydrogens (primary N) is 1. The van der Waals surface area contributed by atoms with Crippen molar-refractivity contribution in [3.63, 3.8) is 0 Å². The average Bonchev–Trinajstić information content (AvgIpc) is 2.54. The molecule has 0 saturated carbocycles. The molecule has 0 radical (unpaired) electrons. The van der Waals surface area contributed by atoms with E-state index in [1.807, 2.05) is 24.3 Å². The minimum Gasteiger partial charge on any atom is -0.383 e. The number of benzene rings is 2. The molecule has 22 heavy (non-hydrogen) atoms.